The SMILES string of the molecule is CC(C)C=C(C#N)C(=O)N1CCC[C@@H]1COC[C@H](NC(=O)c1cc(Cl)ccc1Cl)C(=O)N[C@H](CB(O)O)c1ccccc1. The number of carbonyl (C=O) groups excluding carboxylic acids is 3. The Balaban J connectivity index is 1.77. The third-order valence-electron chi connectivity index (χ3n) is 6.84. The average Bonchev–Trinajstić information content (AvgIpc) is 3.44. The first kappa shape index (κ1) is 34.1. The van der Waals surface area contributed by atoms with E-state index in [4.69, 9.17) is 27.9 Å². The second-order valence-electron chi connectivity index (χ2n) is 10.6. The summed E-state index contributed by atoms with van der Waals surface area (Å²) in [5, 5.41) is 34.6. The third-order valence-corrected chi connectivity index (χ3v) is 7.41. The van der Waals surface area contributed by atoms with Gasteiger partial charge in [0.05, 0.1) is 35.9 Å². The van der Waals surface area contributed by atoms with Gasteiger partial charge in [-0.05, 0) is 42.5 Å². The molecule has 0 bridgehead atoms. The molecule has 228 valence electrons. The van der Waals surface area contributed by atoms with Crippen molar-refractivity contribution in [3.05, 3.63) is 81.4 Å². The Labute approximate surface area is 261 Å². The molecule has 2 aromatic carbocycles. The number of allylic oxidation sites excluding steroid dienone is 1. The average molecular weight is 629 g/mol. The highest BCUT2D eigenvalue weighted by molar-refractivity contribution is 6.41. The first-order valence-corrected chi connectivity index (χ1v) is 14.7. The molecule has 1 heterocycles. The van der Waals surface area contributed by atoms with Crippen LogP contribution in [-0.2, 0) is 14.3 Å². The van der Waals surface area contributed by atoms with Crippen LogP contribution in [0, 0.1) is 17.2 Å². The van der Waals surface area contributed by atoms with Gasteiger partial charge in [0, 0.05) is 17.9 Å². The van der Waals surface area contributed by atoms with E-state index in [0.717, 1.165) is 6.42 Å². The standard InChI is InChI=1S/C30H35BCl2N4O6/c1-19(2)13-21(16-34)30(40)37-12-6-9-23(37)17-43-18-27(36-28(38)24-14-22(32)10-11-25(24)33)29(39)35-26(15-31(41)42)20-7-4-3-5-8-20/h3-5,7-8,10-11,13-14,19,23,26-27,41-42H,6,9,12,15,17-18H2,1-2H3,(H,35,39)(H,36,38)/t23-,26-,27+/m1/s1. The molecule has 3 rings (SSSR count). The van der Waals surface area contributed by atoms with E-state index in [9.17, 15) is 29.7 Å². The largest absolute Gasteiger partial charge is 0.453 e. The lowest BCUT2D eigenvalue weighted by atomic mass is 9.79. The summed E-state index contributed by atoms with van der Waals surface area (Å²) in [4.78, 5) is 41.3. The molecule has 1 aliphatic rings. The third kappa shape index (κ3) is 10.1. The lowest BCUT2D eigenvalue weighted by Gasteiger charge is -2.27. The van der Waals surface area contributed by atoms with Gasteiger partial charge in [-0.2, -0.15) is 5.26 Å². The Bertz CT molecular complexity index is 1350. The van der Waals surface area contributed by atoms with Crippen LogP contribution in [-0.4, -0.2) is 71.6 Å². The first-order chi connectivity index (χ1) is 20.5. The Hall–Kier alpha value is -3.40. The number of hydrogen-bond donors (Lipinski definition) is 4. The van der Waals surface area contributed by atoms with Crippen molar-refractivity contribution in [3.8, 4) is 6.07 Å². The van der Waals surface area contributed by atoms with Gasteiger partial charge in [0.2, 0.25) is 5.91 Å². The minimum atomic E-state index is -1.70. The van der Waals surface area contributed by atoms with E-state index in [1.165, 1.54) is 18.2 Å². The van der Waals surface area contributed by atoms with Crippen LogP contribution in [0.4, 0.5) is 0 Å². The number of carbonyl (C=O) groups is 3. The summed E-state index contributed by atoms with van der Waals surface area (Å²) in [6.45, 7) is 4.05. The molecule has 1 aliphatic heterocycles. The molecule has 43 heavy (non-hydrogen) atoms. The van der Waals surface area contributed by atoms with E-state index < -0.39 is 31.0 Å². The molecule has 3 atom stereocenters. The number of nitriles is 1. The molecule has 0 aliphatic carbocycles. The number of rotatable bonds is 13. The van der Waals surface area contributed by atoms with Crippen molar-refractivity contribution in [1.82, 2.24) is 15.5 Å². The van der Waals surface area contributed by atoms with Gasteiger partial charge in [0.1, 0.15) is 17.7 Å². The van der Waals surface area contributed by atoms with Crippen LogP contribution in [0.3, 0.4) is 0 Å². The fraction of sp³-hybridized carbons (Fsp3) is 0.400. The molecule has 13 heteroatoms. The summed E-state index contributed by atoms with van der Waals surface area (Å²) in [5.74, 6) is -1.64. The lowest BCUT2D eigenvalue weighted by Crippen LogP contribution is -2.51. The van der Waals surface area contributed by atoms with Gasteiger partial charge < -0.3 is 30.3 Å². The molecular weight excluding hydrogens is 594 g/mol. The smallest absolute Gasteiger partial charge is 0.427 e. The van der Waals surface area contributed by atoms with Gasteiger partial charge in [-0.15, -0.1) is 0 Å². The van der Waals surface area contributed by atoms with Crippen LogP contribution < -0.4 is 10.6 Å². The Morgan fingerprint density at radius 2 is 1.88 bits per heavy atom. The highest BCUT2D eigenvalue weighted by Crippen LogP contribution is 2.23. The molecule has 4 N–H and O–H groups in total. The molecule has 3 amide bonds. The van der Waals surface area contributed by atoms with E-state index >= 15 is 0 Å². The molecular formula is C30H35BCl2N4O6. The Morgan fingerprint density at radius 1 is 1.16 bits per heavy atom. The number of benzene rings is 2. The summed E-state index contributed by atoms with van der Waals surface area (Å²) in [5.41, 5.74) is 0.768. The molecule has 10 nitrogen and oxygen atoms in total. The van der Waals surface area contributed by atoms with Crippen molar-refractivity contribution in [2.75, 3.05) is 19.8 Å². The second-order valence-corrected chi connectivity index (χ2v) is 11.5. The van der Waals surface area contributed by atoms with E-state index in [2.05, 4.69) is 10.6 Å². The zero-order valence-corrected chi connectivity index (χ0v) is 25.5. The molecule has 0 unspecified atom stereocenters. The fourth-order valence-corrected chi connectivity index (χ4v) is 5.16. The van der Waals surface area contributed by atoms with Crippen LogP contribution in [0.5, 0.6) is 0 Å². The minimum absolute atomic E-state index is 0.0263. The maximum absolute atomic E-state index is 13.5. The molecule has 0 spiro atoms. The predicted molar refractivity (Wildman–Crippen MR) is 164 cm³/mol. The van der Waals surface area contributed by atoms with Crippen LogP contribution >= 0.6 is 23.2 Å². The molecule has 1 saturated heterocycles. The summed E-state index contributed by atoms with van der Waals surface area (Å²) in [6, 6.07) is 12.8. The van der Waals surface area contributed by atoms with Crippen LogP contribution in [0.15, 0.2) is 60.2 Å². The maximum atomic E-state index is 13.5. The maximum Gasteiger partial charge on any atom is 0.453 e. The van der Waals surface area contributed by atoms with Crippen LogP contribution in [0.25, 0.3) is 0 Å². The van der Waals surface area contributed by atoms with E-state index in [1.807, 2.05) is 19.9 Å². The van der Waals surface area contributed by atoms with Gasteiger partial charge in [-0.1, -0.05) is 73.5 Å². The fourth-order valence-electron chi connectivity index (χ4n) is 4.78. The quantitative estimate of drug-likeness (QED) is 0.150. The van der Waals surface area contributed by atoms with Gasteiger partial charge >= 0.3 is 7.12 Å². The number of hydrogen-bond acceptors (Lipinski definition) is 7. The van der Waals surface area contributed by atoms with Crippen molar-refractivity contribution in [2.45, 2.75) is 51.1 Å². The molecule has 0 saturated carbocycles. The molecule has 2 aromatic rings. The zero-order valence-electron chi connectivity index (χ0n) is 24.0. The van der Waals surface area contributed by atoms with Crippen LogP contribution in [0.2, 0.25) is 16.4 Å². The van der Waals surface area contributed by atoms with E-state index in [1.54, 1.807) is 41.3 Å². The van der Waals surface area contributed by atoms with E-state index in [-0.39, 0.29) is 58.6 Å². The number of amides is 3. The normalized spacial score (nSPS) is 16.4. The number of ether oxygens (including phenoxy) is 1. The summed E-state index contributed by atoms with van der Waals surface area (Å²) in [6.07, 6.45) is 2.82. The highest BCUT2D eigenvalue weighted by atomic mass is 35.5. The van der Waals surface area contributed by atoms with Gasteiger partial charge in [-0.3, -0.25) is 14.4 Å². The second kappa shape index (κ2) is 16.5. The molecule has 0 aromatic heterocycles. The van der Waals surface area contributed by atoms with Crippen LogP contribution in [0.1, 0.15) is 48.7 Å². The lowest BCUT2D eigenvalue weighted by molar-refractivity contribution is -0.130. The summed E-state index contributed by atoms with van der Waals surface area (Å²) in [7, 11) is -1.70. The monoisotopic (exact) mass is 628 g/mol. The molecule has 1 fully saturated rings. The summed E-state index contributed by atoms with van der Waals surface area (Å²) < 4.78 is 5.91. The Kier molecular flexibility index (Phi) is 13.0. The number of nitrogens with one attached hydrogen (secondary N) is 2. The number of nitrogens with zero attached hydrogens (tertiary/aromatic N) is 2. The molecule has 0 radical (unpaired) electrons. The summed E-state index contributed by atoms with van der Waals surface area (Å²) >= 11 is 12.3. The van der Waals surface area contributed by atoms with E-state index in [0.29, 0.717) is 18.5 Å². The van der Waals surface area contributed by atoms with Crippen molar-refractivity contribution in [1.29, 1.82) is 5.26 Å². The number of halogens is 2. The van der Waals surface area contributed by atoms with Crippen molar-refractivity contribution in [2.24, 2.45) is 5.92 Å². The first-order valence-electron chi connectivity index (χ1n) is 14.0. The highest BCUT2D eigenvalue weighted by Gasteiger charge is 2.32. The van der Waals surface area contributed by atoms with Crippen molar-refractivity contribution < 1.29 is 29.2 Å². The van der Waals surface area contributed by atoms with Gasteiger partial charge in [0.25, 0.3) is 11.8 Å². The minimum Gasteiger partial charge on any atom is -0.427 e. The Morgan fingerprint density at radius 3 is 2.53 bits per heavy atom. The topological polar surface area (TPSA) is 152 Å². The van der Waals surface area contributed by atoms with Gasteiger partial charge in [-0.25, -0.2) is 0 Å². The van der Waals surface area contributed by atoms with Crippen molar-refractivity contribution >= 4 is 48.0 Å². The van der Waals surface area contributed by atoms with Gasteiger partial charge in [0.15, 0.2) is 0 Å². The predicted octanol–water partition coefficient (Wildman–Crippen LogP) is 3.54. The van der Waals surface area contributed by atoms with Crippen molar-refractivity contribution in [3.63, 3.8) is 0 Å². The number of likely N-dealkylation sites (tertiary alicyclic amines) is 1. The zero-order chi connectivity index (χ0) is 31.5.